The second-order valence-electron chi connectivity index (χ2n) is 5.74. The average Bonchev–Trinajstić information content (AvgIpc) is 3.03. The molecule has 0 atom stereocenters. The molecule has 0 radical (unpaired) electrons. The Balaban J connectivity index is 1.99. The van der Waals surface area contributed by atoms with Crippen LogP contribution in [0.1, 0.15) is 19.9 Å². The van der Waals surface area contributed by atoms with Gasteiger partial charge in [0.1, 0.15) is 6.54 Å². The lowest BCUT2D eigenvalue weighted by Crippen LogP contribution is -2.42. The Morgan fingerprint density at radius 2 is 1.96 bits per heavy atom. The number of rotatable bonds is 4. The standard InChI is InChI=1S/C16H15ClN4O3S/c1-9(2)21-15(23)14-12(8-25-19-14)20(16(21)24)7-13(22)18-11-5-3-10(17)4-6-11/h3-6,8-9H,7H2,1-2H3,(H,18,22). The third-order valence-electron chi connectivity index (χ3n) is 3.65. The number of nitrogens with zero attached hydrogens (tertiary/aromatic N) is 3. The first kappa shape index (κ1) is 17.4. The summed E-state index contributed by atoms with van der Waals surface area (Å²) in [5.41, 5.74) is 0.157. The highest BCUT2D eigenvalue weighted by molar-refractivity contribution is 7.04. The van der Waals surface area contributed by atoms with Crippen molar-refractivity contribution in [1.82, 2.24) is 13.5 Å². The average molecular weight is 379 g/mol. The van der Waals surface area contributed by atoms with Crippen LogP contribution in [-0.2, 0) is 11.3 Å². The van der Waals surface area contributed by atoms with Gasteiger partial charge in [0.25, 0.3) is 5.56 Å². The number of hydrogen-bond acceptors (Lipinski definition) is 5. The first-order chi connectivity index (χ1) is 11.9. The van der Waals surface area contributed by atoms with E-state index in [9.17, 15) is 14.4 Å². The van der Waals surface area contributed by atoms with E-state index in [4.69, 9.17) is 11.6 Å². The van der Waals surface area contributed by atoms with E-state index in [2.05, 4.69) is 9.69 Å². The largest absolute Gasteiger partial charge is 0.332 e. The van der Waals surface area contributed by atoms with Gasteiger partial charge in [-0.05, 0) is 49.6 Å². The van der Waals surface area contributed by atoms with Crippen molar-refractivity contribution >= 4 is 45.8 Å². The molecule has 0 unspecified atom stereocenters. The number of aromatic nitrogens is 3. The van der Waals surface area contributed by atoms with Gasteiger partial charge in [-0.25, -0.2) is 4.79 Å². The van der Waals surface area contributed by atoms with Gasteiger partial charge in [-0.1, -0.05) is 11.6 Å². The van der Waals surface area contributed by atoms with E-state index in [0.29, 0.717) is 16.2 Å². The maximum absolute atomic E-state index is 12.7. The monoisotopic (exact) mass is 378 g/mol. The normalized spacial score (nSPS) is 11.2. The summed E-state index contributed by atoms with van der Waals surface area (Å²) in [5, 5.41) is 4.86. The Bertz CT molecular complexity index is 1050. The van der Waals surface area contributed by atoms with Crippen molar-refractivity contribution in [3.8, 4) is 0 Å². The zero-order chi connectivity index (χ0) is 18.1. The lowest BCUT2D eigenvalue weighted by molar-refractivity contribution is -0.116. The van der Waals surface area contributed by atoms with Crippen LogP contribution in [0.4, 0.5) is 5.69 Å². The number of hydrogen-bond donors (Lipinski definition) is 1. The number of amides is 1. The fourth-order valence-electron chi connectivity index (χ4n) is 2.49. The summed E-state index contributed by atoms with van der Waals surface area (Å²) < 4.78 is 6.44. The number of benzene rings is 1. The number of carbonyl (C=O) groups is 1. The van der Waals surface area contributed by atoms with Gasteiger partial charge in [0.15, 0.2) is 5.52 Å². The van der Waals surface area contributed by atoms with Gasteiger partial charge in [-0.2, -0.15) is 4.37 Å². The minimum atomic E-state index is -0.529. The molecule has 130 valence electrons. The fourth-order valence-corrected chi connectivity index (χ4v) is 3.29. The summed E-state index contributed by atoms with van der Waals surface area (Å²) in [4.78, 5) is 37.4. The summed E-state index contributed by atoms with van der Waals surface area (Å²) in [5.74, 6) is -0.383. The molecular weight excluding hydrogens is 364 g/mol. The van der Waals surface area contributed by atoms with Crippen molar-refractivity contribution in [1.29, 1.82) is 0 Å². The van der Waals surface area contributed by atoms with Crippen molar-refractivity contribution < 1.29 is 4.79 Å². The van der Waals surface area contributed by atoms with E-state index < -0.39 is 11.2 Å². The van der Waals surface area contributed by atoms with E-state index in [1.807, 2.05) is 0 Å². The van der Waals surface area contributed by atoms with E-state index in [1.54, 1.807) is 43.5 Å². The second-order valence-corrected chi connectivity index (χ2v) is 6.81. The molecule has 2 aromatic heterocycles. The molecule has 7 nitrogen and oxygen atoms in total. The lowest BCUT2D eigenvalue weighted by Gasteiger charge is -2.14. The summed E-state index contributed by atoms with van der Waals surface area (Å²) in [6, 6.07) is 6.31. The van der Waals surface area contributed by atoms with Crippen LogP contribution in [0.25, 0.3) is 11.0 Å². The molecule has 1 amide bonds. The predicted molar refractivity (Wildman–Crippen MR) is 98.6 cm³/mol. The second kappa shape index (κ2) is 6.81. The van der Waals surface area contributed by atoms with Gasteiger partial charge in [0.05, 0.1) is 5.52 Å². The van der Waals surface area contributed by atoms with Crippen LogP contribution < -0.4 is 16.6 Å². The van der Waals surface area contributed by atoms with Crippen molar-refractivity contribution in [2.24, 2.45) is 0 Å². The smallest absolute Gasteiger partial charge is 0.325 e. The van der Waals surface area contributed by atoms with Crippen LogP contribution in [-0.4, -0.2) is 19.4 Å². The molecule has 3 rings (SSSR count). The number of halogens is 1. The van der Waals surface area contributed by atoms with Gasteiger partial charge < -0.3 is 5.32 Å². The van der Waals surface area contributed by atoms with E-state index in [1.165, 1.54) is 4.57 Å². The van der Waals surface area contributed by atoms with Gasteiger partial charge in [-0.15, -0.1) is 0 Å². The topological polar surface area (TPSA) is 86.0 Å². The molecule has 1 N–H and O–H groups in total. The van der Waals surface area contributed by atoms with Crippen molar-refractivity contribution in [3.05, 3.63) is 55.5 Å². The highest BCUT2D eigenvalue weighted by Crippen LogP contribution is 2.14. The molecule has 0 spiro atoms. The molecule has 1 aromatic carbocycles. The molecular formula is C16H15ClN4O3S. The predicted octanol–water partition coefficient (Wildman–Crippen LogP) is 2.49. The summed E-state index contributed by atoms with van der Waals surface area (Å²) in [6.45, 7) is 3.25. The van der Waals surface area contributed by atoms with Crippen molar-refractivity contribution in [3.63, 3.8) is 0 Å². The molecule has 0 aliphatic carbocycles. The summed E-state index contributed by atoms with van der Waals surface area (Å²) in [6.07, 6.45) is 0. The van der Waals surface area contributed by atoms with Crippen LogP contribution in [0, 0.1) is 0 Å². The van der Waals surface area contributed by atoms with Crippen LogP contribution in [0.15, 0.2) is 39.2 Å². The van der Waals surface area contributed by atoms with Crippen LogP contribution in [0.2, 0.25) is 5.02 Å². The number of nitrogens with one attached hydrogen (secondary N) is 1. The fraction of sp³-hybridized carbons (Fsp3) is 0.250. The molecule has 0 aliphatic heterocycles. The van der Waals surface area contributed by atoms with Gasteiger partial charge in [0.2, 0.25) is 5.91 Å². The molecule has 25 heavy (non-hydrogen) atoms. The summed E-state index contributed by atoms with van der Waals surface area (Å²) >= 11 is 6.89. The Hall–Kier alpha value is -2.45. The maximum Gasteiger partial charge on any atom is 0.332 e. The Kier molecular flexibility index (Phi) is 4.73. The number of fused-ring (bicyclic) bond motifs is 1. The zero-order valence-corrected chi connectivity index (χ0v) is 15.1. The lowest BCUT2D eigenvalue weighted by atomic mass is 10.3. The molecule has 9 heteroatoms. The van der Waals surface area contributed by atoms with E-state index >= 15 is 0 Å². The van der Waals surface area contributed by atoms with Gasteiger partial charge >= 0.3 is 5.69 Å². The SMILES string of the molecule is CC(C)n1c(=O)c2nscc2n(CC(=O)Nc2ccc(Cl)cc2)c1=O. The Morgan fingerprint density at radius 1 is 1.28 bits per heavy atom. The molecule has 0 saturated carbocycles. The van der Waals surface area contributed by atoms with Gasteiger partial charge in [0, 0.05) is 22.1 Å². The summed E-state index contributed by atoms with van der Waals surface area (Å²) in [7, 11) is 0. The van der Waals surface area contributed by atoms with Crippen LogP contribution in [0.5, 0.6) is 0 Å². The highest BCUT2D eigenvalue weighted by Gasteiger charge is 2.18. The number of carbonyl (C=O) groups excluding carboxylic acids is 1. The minimum Gasteiger partial charge on any atom is -0.325 e. The molecule has 0 fully saturated rings. The first-order valence-electron chi connectivity index (χ1n) is 7.53. The highest BCUT2D eigenvalue weighted by atomic mass is 35.5. The Labute approximate surface area is 151 Å². The van der Waals surface area contributed by atoms with E-state index in [-0.39, 0.29) is 24.0 Å². The van der Waals surface area contributed by atoms with Crippen molar-refractivity contribution in [2.75, 3.05) is 5.32 Å². The Morgan fingerprint density at radius 3 is 2.60 bits per heavy atom. The van der Waals surface area contributed by atoms with Crippen molar-refractivity contribution in [2.45, 2.75) is 26.4 Å². The van der Waals surface area contributed by atoms with E-state index in [0.717, 1.165) is 16.1 Å². The molecule has 0 aliphatic rings. The molecule has 3 aromatic rings. The molecule has 0 bridgehead atoms. The van der Waals surface area contributed by atoms with Crippen LogP contribution >= 0.6 is 23.1 Å². The third kappa shape index (κ3) is 3.35. The molecule has 0 saturated heterocycles. The first-order valence-corrected chi connectivity index (χ1v) is 8.74. The molecule has 2 heterocycles. The van der Waals surface area contributed by atoms with Gasteiger partial charge in [-0.3, -0.25) is 18.7 Å². The minimum absolute atomic E-state index is 0.192. The zero-order valence-electron chi connectivity index (χ0n) is 13.5. The van der Waals surface area contributed by atoms with Crippen LogP contribution in [0.3, 0.4) is 0 Å². The number of anilines is 1. The third-order valence-corrected chi connectivity index (χ3v) is 4.51. The quantitative estimate of drug-likeness (QED) is 0.755. The maximum atomic E-state index is 12.7.